The number of quaternary nitrogens is 1. The van der Waals surface area contributed by atoms with Crippen molar-refractivity contribution in [2.24, 2.45) is 11.7 Å². The minimum Gasteiger partial charge on any atom is -0.550 e. The predicted octanol–water partition coefficient (Wildman–Crippen LogP) is 0.629. The lowest BCUT2D eigenvalue weighted by Crippen LogP contribution is -2.59. The standard InChI is InChI=1S/C22H29N3O4/c1-25(2,3)21(23)18(13-20(26)27)22(28)24-14-17-11-7-8-12-19(17)29-15-16-9-5-4-6-10-16/h4-12,18,21H,13-15,23H2,1-3H3,(H-,24,26,27,28). The molecule has 0 heterocycles. The van der Waals surface area contributed by atoms with Gasteiger partial charge in [0, 0.05) is 24.5 Å². The predicted molar refractivity (Wildman–Crippen MR) is 108 cm³/mol. The lowest BCUT2D eigenvalue weighted by molar-refractivity contribution is -0.898. The van der Waals surface area contributed by atoms with Crippen LogP contribution in [0.5, 0.6) is 5.75 Å². The van der Waals surface area contributed by atoms with Crippen molar-refractivity contribution in [2.45, 2.75) is 25.7 Å². The first-order valence-electron chi connectivity index (χ1n) is 9.47. The number of amides is 1. The Morgan fingerprint density at radius 2 is 1.69 bits per heavy atom. The highest BCUT2D eigenvalue weighted by molar-refractivity contribution is 5.83. The molecule has 0 saturated heterocycles. The Labute approximate surface area is 171 Å². The molecule has 0 aliphatic carbocycles. The van der Waals surface area contributed by atoms with Crippen molar-refractivity contribution in [3.8, 4) is 5.75 Å². The Morgan fingerprint density at radius 3 is 2.31 bits per heavy atom. The topological polar surface area (TPSA) is 104 Å². The number of nitrogens with two attached hydrogens (primary N) is 1. The Hall–Kier alpha value is -2.90. The number of aliphatic carboxylic acids is 1. The summed E-state index contributed by atoms with van der Waals surface area (Å²) in [5, 5.41) is 13.9. The Kier molecular flexibility index (Phi) is 7.75. The summed E-state index contributed by atoms with van der Waals surface area (Å²) in [5.41, 5.74) is 7.98. The van der Waals surface area contributed by atoms with Crippen molar-refractivity contribution in [1.82, 2.24) is 5.32 Å². The number of ether oxygens (including phenoxy) is 1. The van der Waals surface area contributed by atoms with E-state index in [0.29, 0.717) is 12.4 Å². The van der Waals surface area contributed by atoms with E-state index in [1.165, 1.54) is 0 Å². The van der Waals surface area contributed by atoms with E-state index < -0.39 is 30.4 Å². The summed E-state index contributed by atoms with van der Waals surface area (Å²) in [5.74, 6) is -1.98. The van der Waals surface area contributed by atoms with Gasteiger partial charge in [0.1, 0.15) is 18.3 Å². The number of para-hydroxylation sites is 1. The third kappa shape index (κ3) is 6.89. The third-order valence-electron chi connectivity index (χ3n) is 4.69. The smallest absolute Gasteiger partial charge is 0.231 e. The maximum Gasteiger partial charge on any atom is 0.231 e. The average Bonchev–Trinajstić information content (AvgIpc) is 2.68. The Bertz CT molecular complexity index is 818. The first-order chi connectivity index (χ1) is 13.7. The number of hydrogen-bond acceptors (Lipinski definition) is 5. The molecule has 7 heteroatoms. The molecule has 2 unspecified atom stereocenters. The third-order valence-corrected chi connectivity index (χ3v) is 4.69. The van der Waals surface area contributed by atoms with Crippen LogP contribution in [-0.2, 0) is 22.7 Å². The zero-order chi connectivity index (χ0) is 21.4. The van der Waals surface area contributed by atoms with Gasteiger partial charge in [-0.1, -0.05) is 48.5 Å². The van der Waals surface area contributed by atoms with Crippen LogP contribution < -0.4 is 20.9 Å². The van der Waals surface area contributed by atoms with Gasteiger partial charge in [0.25, 0.3) is 0 Å². The molecule has 2 aromatic carbocycles. The number of nitrogens with one attached hydrogen (secondary N) is 1. The van der Waals surface area contributed by atoms with E-state index in [1.54, 1.807) is 0 Å². The normalized spacial score (nSPS) is 13.4. The largest absolute Gasteiger partial charge is 0.550 e. The maximum atomic E-state index is 12.7. The zero-order valence-electron chi connectivity index (χ0n) is 17.1. The van der Waals surface area contributed by atoms with E-state index in [-0.39, 0.29) is 11.0 Å². The molecule has 0 saturated carbocycles. The van der Waals surface area contributed by atoms with Crippen molar-refractivity contribution in [2.75, 3.05) is 21.1 Å². The zero-order valence-corrected chi connectivity index (χ0v) is 17.1. The van der Waals surface area contributed by atoms with Gasteiger partial charge in [0.05, 0.1) is 21.1 Å². The Balaban J connectivity index is 2.05. The van der Waals surface area contributed by atoms with Gasteiger partial charge in [-0.3, -0.25) is 10.5 Å². The van der Waals surface area contributed by atoms with Crippen molar-refractivity contribution in [1.29, 1.82) is 0 Å². The highest BCUT2D eigenvalue weighted by Crippen LogP contribution is 2.20. The van der Waals surface area contributed by atoms with Crippen LogP contribution in [0.15, 0.2) is 54.6 Å². The summed E-state index contributed by atoms with van der Waals surface area (Å²) >= 11 is 0. The number of benzene rings is 2. The highest BCUT2D eigenvalue weighted by Gasteiger charge is 2.34. The second-order valence-electron chi connectivity index (χ2n) is 7.89. The summed E-state index contributed by atoms with van der Waals surface area (Å²) in [7, 11) is 5.44. The number of carbonyl (C=O) groups is 2. The van der Waals surface area contributed by atoms with Crippen LogP contribution in [0.2, 0.25) is 0 Å². The van der Waals surface area contributed by atoms with Crippen LogP contribution in [0, 0.1) is 5.92 Å². The molecule has 3 N–H and O–H groups in total. The molecular formula is C22H29N3O4. The Morgan fingerprint density at radius 1 is 1.07 bits per heavy atom. The second-order valence-corrected chi connectivity index (χ2v) is 7.89. The molecule has 2 atom stereocenters. The van der Waals surface area contributed by atoms with Gasteiger partial charge in [-0.25, -0.2) is 0 Å². The van der Waals surface area contributed by atoms with Crippen molar-refractivity contribution < 1.29 is 23.9 Å². The summed E-state index contributed by atoms with van der Waals surface area (Å²) in [4.78, 5) is 23.8. The van der Waals surface area contributed by atoms with E-state index in [4.69, 9.17) is 10.5 Å². The van der Waals surface area contributed by atoms with E-state index in [1.807, 2.05) is 75.7 Å². The molecule has 7 nitrogen and oxygen atoms in total. The molecule has 2 rings (SSSR count). The number of carboxylic acids is 1. The van der Waals surface area contributed by atoms with Gasteiger partial charge in [-0.15, -0.1) is 0 Å². The molecule has 0 aliphatic rings. The number of hydrogen-bond donors (Lipinski definition) is 2. The molecule has 1 amide bonds. The quantitative estimate of drug-likeness (QED) is 0.450. The summed E-state index contributed by atoms with van der Waals surface area (Å²) in [6, 6.07) is 17.2. The molecule has 0 fully saturated rings. The van der Waals surface area contributed by atoms with Crippen molar-refractivity contribution >= 4 is 11.9 Å². The van der Waals surface area contributed by atoms with Crippen molar-refractivity contribution in [3.05, 3.63) is 65.7 Å². The average molecular weight is 399 g/mol. The van der Waals surface area contributed by atoms with E-state index >= 15 is 0 Å². The van der Waals surface area contributed by atoms with Crippen molar-refractivity contribution in [3.63, 3.8) is 0 Å². The van der Waals surface area contributed by atoms with Gasteiger partial charge in [0.2, 0.25) is 5.91 Å². The number of rotatable bonds is 10. The number of carbonyl (C=O) groups excluding carboxylic acids is 2. The lowest BCUT2D eigenvalue weighted by atomic mass is 9.99. The minimum absolute atomic E-state index is 0.206. The van der Waals surface area contributed by atoms with Gasteiger partial charge in [-0.2, -0.15) is 0 Å². The van der Waals surface area contributed by atoms with Crippen LogP contribution in [0.1, 0.15) is 17.5 Å². The molecule has 0 aromatic heterocycles. The van der Waals surface area contributed by atoms with Crippen LogP contribution >= 0.6 is 0 Å². The van der Waals surface area contributed by atoms with Crippen LogP contribution in [0.3, 0.4) is 0 Å². The number of nitrogens with zero attached hydrogens (tertiary/aromatic N) is 1. The highest BCUT2D eigenvalue weighted by atomic mass is 16.5. The van der Waals surface area contributed by atoms with Gasteiger partial charge < -0.3 is 24.4 Å². The van der Waals surface area contributed by atoms with Gasteiger partial charge in [-0.05, 0) is 11.6 Å². The fraction of sp³-hybridized carbons (Fsp3) is 0.364. The van der Waals surface area contributed by atoms with E-state index in [0.717, 1.165) is 11.1 Å². The van der Waals surface area contributed by atoms with Crippen LogP contribution in [0.4, 0.5) is 0 Å². The molecular weight excluding hydrogens is 370 g/mol. The summed E-state index contributed by atoms with van der Waals surface area (Å²) in [6.07, 6.45) is -1.12. The molecule has 0 bridgehead atoms. The molecule has 29 heavy (non-hydrogen) atoms. The van der Waals surface area contributed by atoms with Crippen LogP contribution in [-0.4, -0.2) is 43.7 Å². The molecule has 2 aromatic rings. The van der Waals surface area contributed by atoms with Gasteiger partial charge >= 0.3 is 0 Å². The fourth-order valence-electron chi connectivity index (χ4n) is 2.93. The maximum absolute atomic E-state index is 12.7. The number of carboxylic acid groups (broad SMARTS) is 1. The van der Waals surface area contributed by atoms with Crippen LogP contribution in [0.25, 0.3) is 0 Å². The molecule has 156 valence electrons. The fourth-order valence-corrected chi connectivity index (χ4v) is 2.93. The summed E-state index contributed by atoms with van der Waals surface area (Å²) in [6.45, 7) is 0.614. The lowest BCUT2D eigenvalue weighted by Gasteiger charge is -2.35. The molecule has 0 radical (unpaired) electrons. The first kappa shape index (κ1) is 22.4. The second kappa shape index (κ2) is 10.0. The minimum atomic E-state index is -1.30. The van der Waals surface area contributed by atoms with E-state index in [9.17, 15) is 14.7 Å². The van der Waals surface area contributed by atoms with Gasteiger partial charge in [0.15, 0.2) is 6.17 Å². The molecule has 0 aliphatic heterocycles. The summed E-state index contributed by atoms with van der Waals surface area (Å²) < 4.78 is 6.15. The SMILES string of the molecule is C[N+](C)(C)C(N)C(CC(=O)[O-])C(=O)NCc1ccccc1OCc1ccccc1. The first-order valence-corrected chi connectivity index (χ1v) is 9.47. The monoisotopic (exact) mass is 399 g/mol. The molecule has 0 spiro atoms. The van der Waals surface area contributed by atoms with E-state index in [2.05, 4.69) is 5.32 Å².